The molecule has 0 atom stereocenters. The first-order chi connectivity index (χ1) is 9.81. The molecule has 0 aliphatic rings. The molecule has 2 aromatic rings. The monoisotopic (exact) mass is 330 g/mol. The highest BCUT2D eigenvalue weighted by atomic mass is 32.2. The first-order valence-electron chi connectivity index (χ1n) is 5.86. The van der Waals surface area contributed by atoms with Crippen LogP contribution < -0.4 is 4.72 Å². The summed E-state index contributed by atoms with van der Waals surface area (Å²) < 4.78 is 32.8. The van der Waals surface area contributed by atoms with Gasteiger partial charge in [-0.2, -0.15) is 8.42 Å². The first kappa shape index (κ1) is 15.4. The molecule has 0 amide bonds. The number of nitrogens with one attached hydrogen (secondary N) is 1. The van der Waals surface area contributed by atoms with E-state index in [4.69, 9.17) is 0 Å². The van der Waals surface area contributed by atoms with Crippen LogP contribution in [0.5, 0.6) is 0 Å². The van der Waals surface area contributed by atoms with E-state index >= 15 is 0 Å². The van der Waals surface area contributed by atoms with Crippen LogP contribution in [0.4, 0.5) is 5.13 Å². The molecule has 2 aromatic heterocycles. The maximum atomic E-state index is 12.1. The minimum absolute atomic E-state index is 0.00256. The van der Waals surface area contributed by atoms with Gasteiger partial charge in [-0.05, 0) is 6.92 Å². The molecule has 0 aromatic carbocycles. The van der Waals surface area contributed by atoms with E-state index in [9.17, 15) is 13.2 Å². The number of hydrogen-bond donors (Lipinski definition) is 1. The summed E-state index contributed by atoms with van der Waals surface area (Å²) in [6, 6.07) is 0. The number of esters is 1. The average Bonchev–Trinajstić information content (AvgIpc) is 2.97. The molecule has 21 heavy (non-hydrogen) atoms. The molecule has 0 bridgehead atoms. The molecule has 1 N–H and O–H groups in total. The van der Waals surface area contributed by atoms with Gasteiger partial charge >= 0.3 is 5.97 Å². The molecule has 0 saturated carbocycles. The topological polar surface area (TPSA) is 103 Å². The van der Waals surface area contributed by atoms with Gasteiger partial charge in [0.25, 0.3) is 10.0 Å². The standard InChI is InChI=1S/C11H14N4O4S2/c1-7-12-9(5-15(7)2)21(17,18)14-11-13-8(6-20-11)4-10(16)19-3/h5-6H,4H2,1-3H3,(H,13,14). The maximum absolute atomic E-state index is 12.1. The van der Waals surface area contributed by atoms with Crippen molar-refractivity contribution in [2.24, 2.45) is 7.05 Å². The number of carbonyl (C=O) groups is 1. The molecule has 0 unspecified atom stereocenters. The Labute approximate surface area is 125 Å². The summed E-state index contributed by atoms with van der Waals surface area (Å²) in [5, 5.41) is 1.70. The number of nitrogens with zero attached hydrogens (tertiary/aromatic N) is 3. The summed E-state index contributed by atoms with van der Waals surface area (Å²) in [4.78, 5) is 19.1. The number of ether oxygens (including phenoxy) is 1. The summed E-state index contributed by atoms with van der Waals surface area (Å²) in [5.74, 6) is 0.149. The van der Waals surface area contributed by atoms with E-state index < -0.39 is 16.0 Å². The number of methoxy groups -OCH3 is 1. The van der Waals surface area contributed by atoms with Gasteiger partial charge < -0.3 is 9.30 Å². The molecule has 0 aliphatic carbocycles. The van der Waals surface area contributed by atoms with Crippen molar-refractivity contribution in [3.63, 3.8) is 0 Å². The highest BCUT2D eigenvalue weighted by Gasteiger charge is 2.20. The lowest BCUT2D eigenvalue weighted by atomic mass is 10.3. The van der Waals surface area contributed by atoms with Gasteiger partial charge in [0.2, 0.25) is 0 Å². The molecular formula is C11H14N4O4S2. The zero-order chi connectivity index (χ0) is 15.6. The van der Waals surface area contributed by atoms with Crippen molar-refractivity contribution in [3.05, 3.63) is 23.1 Å². The summed E-state index contributed by atoms with van der Waals surface area (Å²) in [6.07, 6.45) is 1.41. The van der Waals surface area contributed by atoms with Gasteiger partial charge in [-0.25, -0.2) is 9.97 Å². The Balaban J connectivity index is 2.15. The maximum Gasteiger partial charge on any atom is 0.311 e. The number of sulfonamides is 1. The van der Waals surface area contributed by atoms with E-state index in [0.29, 0.717) is 11.5 Å². The third-order valence-corrected chi connectivity index (χ3v) is 4.83. The summed E-state index contributed by atoms with van der Waals surface area (Å²) in [6.45, 7) is 1.71. The van der Waals surface area contributed by atoms with Crippen LogP contribution in [0.15, 0.2) is 16.6 Å². The van der Waals surface area contributed by atoms with E-state index in [1.54, 1.807) is 23.9 Å². The van der Waals surface area contributed by atoms with Crippen LogP contribution in [0.1, 0.15) is 11.5 Å². The largest absolute Gasteiger partial charge is 0.469 e. The van der Waals surface area contributed by atoms with Gasteiger partial charge in [-0.3, -0.25) is 9.52 Å². The van der Waals surface area contributed by atoms with E-state index in [1.807, 2.05) is 0 Å². The van der Waals surface area contributed by atoms with Crippen LogP contribution in [-0.2, 0) is 33.0 Å². The van der Waals surface area contributed by atoms with E-state index in [-0.39, 0.29) is 16.6 Å². The molecule has 0 spiro atoms. The number of aromatic nitrogens is 3. The zero-order valence-electron chi connectivity index (χ0n) is 11.7. The van der Waals surface area contributed by atoms with Crippen molar-refractivity contribution in [2.75, 3.05) is 11.8 Å². The normalized spacial score (nSPS) is 11.4. The minimum Gasteiger partial charge on any atom is -0.469 e. The second kappa shape index (κ2) is 5.82. The molecule has 114 valence electrons. The van der Waals surface area contributed by atoms with Crippen LogP contribution in [0.25, 0.3) is 0 Å². The highest BCUT2D eigenvalue weighted by Crippen LogP contribution is 2.20. The Kier molecular flexibility index (Phi) is 4.28. The fraction of sp³-hybridized carbons (Fsp3) is 0.364. The van der Waals surface area contributed by atoms with E-state index in [1.165, 1.54) is 13.3 Å². The second-order valence-corrected chi connectivity index (χ2v) is 6.73. The number of carbonyl (C=O) groups excluding carboxylic acids is 1. The molecule has 2 rings (SSSR count). The third kappa shape index (κ3) is 3.58. The SMILES string of the molecule is COC(=O)Cc1csc(NS(=O)(=O)c2cn(C)c(C)n2)n1. The Morgan fingerprint density at radius 3 is 2.76 bits per heavy atom. The quantitative estimate of drug-likeness (QED) is 0.810. The molecule has 2 heterocycles. The summed E-state index contributed by atoms with van der Waals surface area (Å²) in [5.41, 5.74) is 0.446. The van der Waals surface area contributed by atoms with Crippen LogP contribution in [0, 0.1) is 6.92 Å². The molecule has 0 saturated heterocycles. The van der Waals surface area contributed by atoms with E-state index in [2.05, 4.69) is 19.4 Å². The fourth-order valence-electron chi connectivity index (χ4n) is 1.48. The van der Waals surface area contributed by atoms with Crippen molar-refractivity contribution < 1.29 is 17.9 Å². The lowest BCUT2D eigenvalue weighted by Crippen LogP contribution is -2.13. The summed E-state index contributed by atoms with van der Waals surface area (Å²) in [7, 11) is -0.799. The Bertz CT molecular complexity index is 744. The lowest BCUT2D eigenvalue weighted by Gasteiger charge is -2.01. The first-order valence-corrected chi connectivity index (χ1v) is 8.22. The zero-order valence-corrected chi connectivity index (χ0v) is 13.3. The smallest absolute Gasteiger partial charge is 0.311 e. The van der Waals surface area contributed by atoms with Crippen LogP contribution in [0.2, 0.25) is 0 Å². The molecule has 10 heteroatoms. The summed E-state index contributed by atoms with van der Waals surface area (Å²) >= 11 is 1.09. The molecule has 0 radical (unpaired) electrons. The molecule has 0 aliphatic heterocycles. The molecule has 8 nitrogen and oxygen atoms in total. The van der Waals surface area contributed by atoms with Crippen molar-refractivity contribution >= 4 is 32.5 Å². The van der Waals surface area contributed by atoms with Crippen LogP contribution >= 0.6 is 11.3 Å². The number of aryl methyl sites for hydroxylation is 2. The van der Waals surface area contributed by atoms with Gasteiger partial charge in [0, 0.05) is 18.6 Å². The Hall–Kier alpha value is -1.94. The van der Waals surface area contributed by atoms with E-state index in [0.717, 1.165) is 11.3 Å². The number of thiazole rings is 1. The van der Waals surface area contributed by atoms with Gasteiger partial charge in [-0.1, -0.05) is 0 Å². The number of hydrogen-bond acceptors (Lipinski definition) is 7. The van der Waals surface area contributed by atoms with Crippen molar-refractivity contribution in [2.45, 2.75) is 18.4 Å². The number of anilines is 1. The van der Waals surface area contributed by atoms with Crippen LogP contribution in [0.3, 0.4) is 0 Å². The molecule has 0 fully saturated rings. The van der Waals surface area contributed by atoms with Crippen molar-refractivity contribution in [1.82, 2.24) is 14.5 Å². The minimum atomic E-state index is -3.79. The van der Waals surface area contributed by atoms with Crippen molar-refractivity contribution in [3.8, 4) is 0 Å². The Morgan fingerprint density at radius 2 is 2.19 bits per heavy atom. The number of imidazole rings is 1. The lowest BCUT2D eigenvalue weighted by molar-refractivity contribution is -0.139. The highest BCUT2D eigenvalue weighted by molar-refractivity contribution is 7.92. The molecular weight excluding hydrogens is 316 g/mol. The predicted octanol–water partition coefficient (Wildman–Crippen LogP) is 0.701. The van der Waals surface area contributed by atoms with Crippen LogP contribution in [-0.4, -0.2) is 36.0 Å². The van der Waals surface area contributed by atoms with Gasteiger partial charge in [0.05, 0.1) is 19.2 Å². The Morgan fingerprint density at radius 1 is 1.48 bits per heavy atom. The van der Waals surface area contributed by atoms with Gasteiger partial charge in [-0.15, -0.1) is 11.3 Å². The fourth-order valence-corrected chi connectivity index (χ4v) is 3.48. The predicted molar refractivity (Wildman–Crippen MR) is 76.6 cm³/mol. The van der Waals surface area contributed by atoms with Gasteiger partial charge in [0.15, 0.2) is 10.2 Å². The average molecular weight is 330 g/mol. The number of rotatable bonds is 5. The second-order valence-electron chi connectivity index (χ2n) is 4.24. The van der Waals surface area contributed by atoms with Crippen molar-refractivity contribution in [1.29, 1.82) is 0 Å². The third-order valence-electron chi connectivity index (χ3n) is 2.69. The van der Waals surface area contributed by atoms with Gasteiger partial charge in [0.1, 0.15) is 5.82 Å².